The highest BCUT2D eigenvalue weighted by Gasteiger charge is 2.34. The molecular weight excluding hydrogens is 386 g/mol. The van der Waals surface area contributed by atoms with E-state index in [1.807, 2.05) is 0 Å². The van der Waals surface area contributed by atoms with Crippen LogP contribution < -0.4 is 5.32 Å². The summed E-state index contributed by atoms with van der Waals surface area (Å²) in [5.41, 5.74) is 1.24. The van der Waals surface area contributed by atoms with Gasteiger partial charge in [0.15, 0.2) is 0 Å². The Labute approximate surface area is 164 Å². The molecule has 144 valence electrons. The van der Waals surface area contributed by atoms with Crippen LogP contribution >= 0.6 is 11.8 Å². The Morgan fingerprint density at radius 2 is 1.86 bits per heavy atom. The van der Waals surface area contributed by atoms with Gasteiger partial charge < -0.3 is 5.32 Å². The highest BCUT2D eigenvalue weighted by molar-refractivity contribution is 8.18. The first-order valence-corrected chi connectivity index (χ1v) is 9.22. The Morgan fingerprint density at radius 1 is 1.14 bits per heavy atom. The third kappa shape index (κ3) is 4.45. The average molecular weight is 402 g/mol. The molecule has 0 radical (unpaired) electrons. The summed E-state index contributed by atoms with van der Waals surface area (Å²) in [6.45, 7) is 1.70. The Morgan fingerprint density at radius 3 is 2.57 bits per heavy atom. The highest BCUT2D eigenvalue weighted by Crippen LogP contribution is 2.31. The van der Waals surface area contributed by atoms with Gasteiger partial charge in [-0.15, -0.1) is 0 Å². The first kappa shape index (κ1) is 19.8. The summed E-state index contributed by atoms with van der Waals surface area (Å²) in [6, 6.07) is 9.71. The molecule has 1 aliphatic rings. The predicted molar refractivity (Wildman–Crippen MR) is 103 cm³/mol. The standard InChI is InChI=1S/C20H16F2N2O3S/c1-12-2-7-16(22)15(10-12)18(25)23-8-9-24-19(26)17(28-20(24)27)11-13-3-5-14(21)6-4-13/h2-7,10-11H,8-9H2,1H3,(H,23,25). The van der Waals surface area contributed by atoms with Crippen LogP contribution in [0.5, 0.6) is 0 Å². The first-order chi connectivity index (χ1) is 13.3. The van der Waals surface area contributed by atoms with Crippen molar-refractivity contribution in [2.75, 3.05) is 13.1 Å². The SMILES string of the molecule is Cc1ccc(F)c(C(=O)NCCN2C(=O)SC(=Cc3ccc(F)cc3)C2=O)c1. The van der Waals surface area contributed by atoms with E-state index in [-0.39, 0.29) is 23.6 Å². The Balaban J connectivity index is 1.61. The molecule has 0 unspecified atom stereocenters. The van der Waals surface area contributed by atoms with Gasteiger partial charge in [-0.2, -0.15) is 0 Å². The summed E-state index contributed by atoms with van der Waals surface area (Å²) in [5.74, 6) is -2.15. The number of nitrogens with one attached hydrogen (secondary N) is 1. The Hall–Kier alpha value is -3.00. The molecule has 28 heavy (non-hydrogen) atoms. The zero-order chi connectivity index (χ0) is 20.3. The van der Waals surface area contributed by atoms with Gasteiger partial charge in [-0.1, -0.05) is 23.8 Å². The lowest BCUT2D eigenvalue weighted by atomic mass is 10.1. The van der Waals surface area contributed by atoms with Crippen molar-refractivity contribution >= 4 is 34.9 Å². The molecule has 3 amide bonds. The molecule has 1 N–H and O–H groups in total. The molecule has 2 aromatic carbocycles. The van der Waals surface area contributed by atoms with Crippen LogP contribution in [0.2, 0.25) is 0 Å². The monoisotopic (exact) mass is 402 g/mol. The van der Waals surface area contributed by atoms with Crippen LogP contribution in [0.15, 0.2) is 47.4 Å². The fourth-order valence-corrected chi connectivity index (χ4v) is 3.46. The normalized spacial score (nSPS) is 15.4. The van der Waals surface area contributed by atoms with Crippen molar-refractivity contribution in [1.82, 2.24) is 10.2 Å². The van der Waals surface area contributed by atoms with E-state index in [9.17, 15) is 23.2 Å². The molecule has 2 aromatic rings. The largest absolute Gasteiger partial charge is 0.350 e. The van der Waals surface area contributed by atoms with Crippen LogP contribution in [0.25, 0.3) is 6.08 Å². The fraction of sp³-hybridized carbons (Fsp3) is 0.150. The number of nitrogens with zero attached hydrogens (tertiary/aromatic N) is 1. The summed E-state index contributed by atoms with van der Waals surface area (Å²) < 4.78 is 26.7. The third-order valence-electron chi connectivity index (χ3n) is 4.03. The van der Waals surface area contributed by atoms with Gasteiger partial charge in [0.2, 0.25) is 0 Å². The number of amides is 3. The molecule has 0 spiro atoms. The van der Waals surface area contributed by atoms with Crippen LogP contribution in [0.1, 0.15) is 21.5 Å². The summed E-state index contributed by atoms with van der Waals surface area (Å²) in [5, 5.41) is 2.05. The maximum Gasteiger partial charge on any atom is 0.293 e. The summed E-state index contributed by atoms with van der Waals surface area (Å²) >= 11 is 0.773. The van der Waals surface area contributed by atoms with E-state index in [2.05, 4.69) is 5.32 Å². The molecule has 1 aliphatic heterocycles. The van der Waals surface area contributed by atoms with Crippen LogP contribution in [0.4, 0.5) is 13.6 Å². The number of imide groups is 1. The number of rotatable bonds is 5. The second-order valence-corrected chi connectivity index (χ2v) is 7.12. The van der Waals surface area contributed by atoms with Crippen molar-refractivity contribution in [1.29, 1.82) is 0 Å². The predicted octanol–water partition coefficient (Wildman–Crippen LogP) is 3.74. The van der Waals surface area contributed by atoms with Gasteiger partial charge in [0.25, 0.3) is 17.1 Å². The smallest absolute Gasteiger partial charge is 0.293 e. The van der Waals surface area contributed by atoms with Gasteiger partial charge in [0.05, 0.1) is 10.5 Å². The van der Waals surface area contributed by atoms with Gasteiger partial charge in [-0.25, -0.2) is 8.78 Å². The van der Waals surface area contributed by atoms with Crippen molar-refractivity contribution < 1.29 is 23.2 Å². The van der Waals surface area contributed by atoms with Gasteiger partial charge in [0.1, 0.15) is 11.6 Å². The van der Waals surface area contributed by atoms with Crippen LogP contribution in [0.3, 0.4) is 0 Å². The molecule has 5 nitrogen and oxygen atoms in total. The molecule has 0 atom stereocenters. The lowest BCUT2D eigenvalue weighted by Gasteiger charge is -2.13. The van der Waals surface area contributed by atoms with Crippen molar-refractivity contribution in [3.05, 3.63) is 75.7 Å². The van der Waals surface area contributed by atoms with Crippen molar-refractivity contribution in [2.45, 2.75) is 6.92 Å². The number of halogens is 2. The van der Waals surface area contributed by atoms with Crippen molar-refractivity contribution in [2.24, 2.45) is 0 Å². The second-order valence-electron chi connectivity index (χ2n) is 6.12. The van der Waals surface area contributed by atoms with Crippen LogP contribution in [-0.2, 0) is 4.79 Å². The minimum Gasteiger partial charge on any atom is -0.350 e. The number of aryl methyl sites for hydroxylation is 1. The number of carbonyl (C=O) groups excluding carboxylic acids is 3. The zero-order valence-corrected chi connectivity index (χ0v) is 15.7. The molecule has 0 saturated carbocycles. The highest BCUT2D eigenvalue weighted by atomic mass is 32.2. The number of hydrogen-bond acceptors (Lipinski definition) is 4. The second kappa shape index (κ2) is 8.35. The summed E-state index contributed by atoms with van der Waals surface area (Å²) in [7, 11) is 0. The molecule has 1 heterocycles. The number of thioether (sulfide) groups is 1. The molecular formula is C20H16F2N2O3S. The molecule has 0 aromatic heterocycles. The van der Waals surface area contributed by atoms with E-state index < -0.39 is 28.7 Å². The lowest BCUT2D eigenvalue weighted by molar-refractivity contribution is -0.122. The van der Waals surface area contributed by atoms with Crippen LogP contribution in [0, 0.1) is 18.6 Å². The van der Waals surface area contributed by atoms with E-state index in [4.69, 9.17) is 0 Å². The Kier molecular flexibility index (Phi) is 5.89. The minimum atomic E-state index is -0.642. The molecule has 1 fully saturated rings. The van der Waals surface area contributed by atoms with E-state index in [1.54, 1.807) is 13.0 Å². The van der Waals surface area contributed by atoms with Crippen molar-refractivity contribution in [3.8, 4) is 0 Å². The zero-order valence-electron chi connectivity index (χ0n) is 14.9. The maximum absolute atomic E-state index is 13.7. The summed E-state index contributed by atoms with van der Waals surface area (Å²) in [4.78, 5) is 37.8. The third-order valence-corrected chi connectivity index (χ3v) is 4.94. The number of benzene rings is 2. The molecule has 3 rings (SSSR count). The van der Waals surface area contributed by atoms with E-state index in [0.29, 0.717) is 5.56 Å². The molecule has 0 aliphatic carbocycles. The molecule has 0 bridgehead atoms. The first-order valence-electron chi connectivity index (χ1n) is 8.40. The van der Waals surface area contributed by atoms with Crippen LogP contribution in [-0.4, -0.2) is 35.0 Å². The quantitative estimate of drug-likeness (QED) is 0.774. The number of carbonyl (C=O) groups is 3. The molecule has 8 heteroatoms. The van der Waals surface area contributed by atoms with E-state index in [1.165, 1.54) is 42.5 Å². The van der Waals surface area contributed by atoms with Gasteiger partial charge in [-0.05, 0) is 54.6 Å². The van der Waals surface area contributed by atoms with Crippen molar-refractivity contribution in [3.63, 3.8) is 0 Å². The maximum atomic E-state index is 13.7. The fourth-order valence-electron chi connectivity index (χ4n) is 2.59. The van der Waals surface area contributed by atoms with Gasteiger partial charge in [0, 0.05) is 13.1 Å². The molecule has 1 saturated heterocycles. The van der Waals surface area contributed by atoms with E-state index in [0.717, 1.165) is 22.2 Å². The summed E-state index contributed by atoms with van der Waals surface area (Å²) in [6.07, 6.45) is 1.51. The lowest BCUT2D eigenvalue weighted by Crippen LogP contribution is -2.37. The average Bonchev–Trinajstić information content (AvgIpc) is 2.92. The van der Waals surface area contributed by atoms with Gasteiger partial charge in [-0.3, -0.25) is 19.3 Å². The minimum absolute atomic E-state index is 0.00587. The van der Waals surface area contributed by atoms with Gasteiger partial charge >= 0.3 is 0 Å². The topological polar surface area (TPSA) is 66.5 Å². The number of hydrogen-bond donors (Lipinski definition) is 1. The van der Waals surface area contributed by atoms with E-state index >= 15 is 0 Å². The Bertz CT molecular complexity index is 974.